The van der Waals surface area contributed by atoms with E-state index in [9.17, 15) is 0 Å². The van der Waals surface area contributed by atoms with Gasteiger partial charge in [-0.15, -0.1) is 0 Å². The van der Waals surface area contributed by atoms with Crippen molar-refractivity contribution in [3.8, 4) is 0 Å². The summed E-state index contributed by atoms with van der Waals surface area (Å²) in [5, 5.41) is 0. The maximum absolute atomic E-state index is 5.46. The van der Waals surface area contributed by atoms with Gasteiger partial charge in [0.2, 0.25) is 0 Å². The summed E-state index contributed by atoms with van der Waals surface area (Å²) in [4.78, 5) is 0. The Labute approximate surface area is 124 Å². The molecular formula is B4O12Sn3. The van der Waals surface area contributed by atoms with Gasteiger partial charge in [-0.25, -0.2) is 0 Å². The van der Waals surface area contributed by atoms with Crippen LogP contribution in [0.2, 0.25) is 0 Å². The van der Waals surface area contributed by atoms with E-state index in [0.717, 1.165) is 0 Å². The van der Waals surface area contributed by atoms with Crippen molar-refractivity contribution >= 4 is 89.4 Å². The van der Waals surface area contributed by atoms with Gasteiger partial charge in [-0.1, -0.05) is 0 Å². The standard InChI is InChI=1S/4BO3.3Sn/c4*2-1(3)4;;;/q4*-3;3*+4. The van der Waals surface area contributed by atoms with E-state index in [1.807, 2.05) is 0 Å². The summed E-state index contributed by atoms with van der Waals surface area (Å²) in [5.74, 6) is 0. The van der Waals surface area contributed by atoms with Crippen LogP contribution < -0.4 is 0 Å². The summed E-state index contributed by atoms with van der Waals surface area (Å²) in [6.45, 7) is 0. The fourth-order valence-corrected chi connectivity index (χ4v) is 14.9. The molecule has 0 aromatic rings. The van der Waals surface area contributed by atoms with Gasteiger partial charge in [0.15, 0.2) is 0 Å². The fourth-order valence-electron chi connectivity index (χ4n) is 1.82. The van der Waals surface area contributed by atoms with Gasteiger partial charge in [-0.2, -0.15) is 0 Å². The van der Waals surface area contributed by atoms with Gasteiger partial charge in [0.05, 0.1) is 0 Å². The third-order valence-corrected chi connectivity index (χ3v) is 19.4. The van der Waals surface area contributed by atoms with E-state index in [1.165, 1.54) is 0 Å². The normalized spacial score (nSPS) is 35.1. The SMILES string of the molecule is [O](B([O][Sn]12[O]B([O]1)[O]2)[O][Sn]12[O]B([O]1)[O]2)[Sn]12[O]B([O]1)[O]2. The van der Waals surface area contributed by atoms with Crippen molar-refractivity contribution in [2.45, 2.75) is 0 Å². The van der Waals surface area contributed by atoms with Crippen molar-refractivity contribution in [3.05, 3.63) is 0 Å². The first-order chi connectivity index (χ1) is 9.14. The van der Waals surface area contributed by atoms with Crippen LogP contribution in [0.1, 0.15) is 0 Å². The van der Waals surface area contributed by atoms with Crippen LogP contribution in [0.5, 0.6) is 0 Å². The summed E-state index contributed by atoms with van der Waals surface area (Å²) < 4.78 is 63.1. The van der Waals surface area contributed by atoms with Crippen LogP contribution in [-0.2, 0) is 35.9 Å². The molecule has 12 nitrogen and oxygen atoms in total. The third kappa shape index (κ3) is 1.72. The van der Waals surface area contributed by atoms with Crippen LogP contribution in [0, 0.1) is 0 Å². The Morgan fingerprint density at radius 1 is 0.526 bits per heavy atom. The summed E-state index contributed by atoms with van der Waals surface area (Å²) in [7, 11) is -3.03. The summed E-state index contributed by atoms with van der Waals surface area (Å²) >= 11 is -11.5. The van der Waals surface area contributed by atoms with E-state index in [4.69, 9.17) is 35.9 Å². The van der Waals surface area contributed by atoms with Crippen LogP contribution >= 0.6 is 0 Å². The fraction of sp³-hybridized carbons (Fsp3) is 0. The van der Waals surface area contributed by atoms with Crippen molar-refractivity contribution < 1.29 is 35.9 Å². The van der Waals surface area contributed by atoms with Crippen LogP contribution in [0.3, 0.4) is 0 Å². The molecule has 0 amide bonds. The van der Waals surface area contributed by atoms with Gasteiger partial charge in [0.1, 0.15) is 0 Å². The summed E-state index contributed by atoms with van der Waals surface area (Å²) in [6.07, 6.45) is 0. The number of hydrogen-bond donors (Lipinski definition) is 0. The second-order valence-electron chi connectivity index (χ2n) is 4.07. The molecular weight excluding hydrogens is 591 g/mol. The zero-order chi connectivity index (χ0) is 12.3. The van der Waals surface area contributed by atoms with Crippen LogP contribution in [0.4, 0.5) is 0 Å². The zero-order valence-corrected chi connectivity index (χ0v) is 17.3. The molecule has 19 heteroatoms. The molecule has 0 unspecified atom stereocenters. The Morgan fingerprint density at radius 2 is 0.789 bits per heavy atom. The molecule has 9 rings (SSSR count). The molecule has 0 spiro atoms. The molecule has 0 saturated carbocycles. The first-order valence-corrected chi connectivity index (χ1v) is 19.3. The van der Waals surface area contributed by atoms with Gasteiger partial charge in [0, 0.05) is 0 Å². The van der Waals surface area contributed by atoms with Crippen molar-refractivity contribution in [1.82, 2.24) is 0 Å². The molecule has 9 aliphatic heterocycles. The van der Waals surface area contributed by atoms with Gasteiger partial charge >= 0.3 is 125 Å². The van der Waals surface area contributed by atoms with E-state index in [0.29, 0.717) is 0 Å². The minimum atomic E-state index is -3.82. The zero-order valence-electron chi connectivity index (χ0n) is 8.71. The molecule has 9 saturated heterocycles. The Hall–Kier alpha value is 2.18. The number of rotatable bonds is 6. The molecule has 0 radical (unpaired) electrons. The molecule has 9 aliphatic rings. The summed E-state index contributed by atoms with van der Waals surface area (Å²) in [5.41, 5.74) is 0. The molecule has 0 aromatic heterocycles. The van der Waals surface area contributed by atoms with E-state index in [1.54, 1.807) is 0 Å². The van der Waals surface area contributed by atoms with E-state index >= 15 is 0 Å². The van der Waals surface area contributed by atoms with Gasteiger partial charge < -0.3 is 0 Å². The molecule has 0 N–H and O–H groups in total. The van der Waals surface area contributed by atoms with Crippen LogP contribution in [0.15, 0.2) is 0 Å². The maximum atomic E-state index is 5.46. The minimum absolute atomic E-state index is 0.610. The van der Waals surface area contributed by atoms with Crippen LogP contribution in [-0.4, -0.2) is 89.4 Å². The molecule has 96 valence electrons. The van der Waals surface area contributed by atoms with Crippen LogP contribution in [0.25, 0.3) is 0 Å². The molecule has 9 heterocycles. The average molecular weight is 591 g/mol. The van der Waals surface area contributed by atoms with E-state index in [-0.39, 0.29) is 0 Å². The Bertz CT molecular complexity index is 354. The second kappa shape index (κ2) is 3.80. The predicted octanol–water partition coefficient (Wildman–Crippen LogP) is -3.49. The molecule has 6 bridgehead atoms. The Morgan fingerprint density at radius 3 is 0.947 bits per heavy atom. The average Bonchev–Trinajstić information content (AvgIpc) is 2.01. The van der Waals surface area contributed by atoms with Crippen molar-refractivity contribution in [3.63, 3.8) is 0 Å². The first kappa shape index (κ1) is 12.6. The Kier molecular flexibility index (Phi) is 2.52. The van der Waals surface area contributed by atoms with E-state index < -0.39 is 89.4 Å². The predicted molar refractivity (Wildman–Crippen MR) is 53.3 cm³/mol. The quantitative estimate of drug-likeness (QED) is 0.286. The molecule has 19 heavy (non-hydrogen) atoms. The van der Waals surface area contributed by atoms with Gasteiger partial charge in [0.25, 0.3) is 0 Å². The molecule has 0 atom stereocenters. The van der Waals surface area contributed by atoms with Crippen molar-refractivity contribution in [2.24, 2.45) is 0 Å². The first-order valence-electron chi connectivity index (χ1n) is 5.28. The van der Waals surface area contributed by atoms with Gasteiger partial charge in [-0.05, 0) is 0 Å². The molecule has 0 aromatic carbocycles. The monoisotopic (exact) mass is 596 g/mol. The number of hydrogen-bond acceptors (Lipinski definition) is 12. The molecule has 0 aliphatic carbocycles. The Balaban J connectivity index is 1.17. The van der Waals surface area contributed by atoms with Crippen molar-refractivity contribution in [2.75, 3.05) is 0 Å². The van der Waals surface area contributed by atoms with Gasteiger partial charge in [-0.3, -0.25) is 0 Å². The summed E-state index contributed by atoms with van der Waals surface area (Å²) in [6, 6.07) is 0. The molecule has 9 fully saturated rings. The van der Waals surface area contributed by atoms with E-state index in [2.05, 4.69) is 0 Å². The topological polar surface area (TPSA) is 111 Å². The third-order valence-electron chi connectivity index (χ3n) is 2.89. The van der Waals surface area contributed by atoms with Crippen molar-refractivity contribution in [1.29, 1.82) is 0 Å². The second-order valence-corrected chi connectivity index (χ2v) is 20.7.